The smallest absolute Gasteiger partial charge is 0.410 e. The van der Waals surface area contributed by atoms with Gasteiger partial charge in [0, 0.05) is 25.9 Å². The lowest BCUT2D eigenvalue weighted by atomic mass is 9.83. The second kappa shape index (κ2) is 12.7. The summed E-state index contributed by atoms with van der Waals surface area (Å²) in [5.41, 5.74) is 2.01. The fourth-order valence-electron chi connectivity index (χ4n) is 4.26. The Morgan fingerprint density at radius 2 is 1.86 bits per heavy atom. The van der Waals surface area contributed by atoms with Gasteiger partial charge in [-0.25, -0.2) is 14.0 Å². The van der Waals surface area contributed by atoms with E-state index in [1.807, 2.05) is 19.9 Å². The number of halogens is 1. The quantitative estimate of drug-likeness (QED) is 0.490. The number of rotatable bonds is 7. The molecule has 2 fully saturated rings. The molecule has 3 N–H and O–H groups in total. The van der Waals surface area contributed by atoms with E-state index in [1.54, 1.807) is 17.9 Å². The number of ether oxygens (including phenoxy) is 1. The first kappa shape index (κ1) is 26.7. The molecule has 1 aliphatic heterocycles. The van der Waals surface area contributed by atoms with Crippen molar-refractivity contribution in [2.75, 3.05) is 25.0 Å². The normalized spacial score (nSPS) is 19.8. The molecule has 1 atom stereocenters. The number of aliphatic hydroxyl groups is 1. The summed E-state index contributed by atoms with van der Waals surface area (Å²) >= 11 is 0. The highest BCUT2D eigenvalue weighted by atomic mass is 19.1. The topological polar surface area (TPSA) is 112 Å². The van der Waals surface area contributed by atoms with Crippen molar-refractivity contribution in [3.8, 4) is 0 Å². The Morgan fingerprint density at radius 3 is 2.46 bits per heavy atom. The molecule has 1 aromatic rings. The highest BCUT2D eigenvalue weighted by Crippen LogP contribution is 2.33. The largest absolute Gasteiger partial charge is 0.447 e. The molecular weight excluding hydrogens is 455 g/mol. The van der Waals surface area contributed by atoms with Crippen LogP contribution in [-0.4, -0.2) is 65.8 Å². The van der Waals surface area contributed by atoms with Gasteiger partial charge in [-0.1, -0.05) is 11.2 Å². The first-order valence-electron chi connectivity index (χ1n) is 12.4. The maximum absolute atomic E-state index is 14.6. The van der Waals surface area contributed by atoms with Gasteiger partial charge in [0.2, 0.25) is 0 Å². The third-order valence-corrected chi connectivity index (χ3v) is 6.29. The van der Waals surface area contributed by atoms with Gasteiger partial charge in [0.05, 0.1) is 30.2 Å². The number of urea groups is 1. The zero-order chi connectivity index (χ0) is 25.4. The van der Waals surface area contributed by atoms with Crippen LogP contribution >= 0.6 is 0 Å². The van der Waals surface area contributed by atoms with Crippen LogP contribution < -0.4 is 10.6 Å². The lowest BCUT2D eigenvalue weighted by Gasteiger charge is -2.31. The lowest BCUT2D eigenvalue weighted by molar-refractivity contribution is 0.00403. The summed E-state index contributed by atoms with van der Waals surface area (Å²) in [4.78, 5) is 31.3. The van der Waals surface area contributed by atoms with E-state index in [-0.39, 0.29) is 36.5 Å². The molecule has 1 aromatic carbocycles. The van der Waals surface area contributed by atoms with E-state index in [0.29, 0.717) is 13.1 Å². The van der Waals surface area contributed by atoms with E-state index in [1.165, 1.54) is 6.07 Å². The van der Waals surface area contributed by atoms with Gasteiger partial charge >= 0.3 is 12.1 Å². The summed E-state index contributed by atoms with van der Waals surface area (Å²) in [6.07, 6.45) is 4.31. The maximum atomic E-state index is 14.6. The molecule has 0 bridgehead atoms. The van der Waals surface area contributed by atoms with Crippen molar-refractivity contribution in [3.05, 3.63) is 29.6 Å². The number of aliphatic hydroxyl groups excluding tert-OH is 1. The number of amides is 3. The first-order valence-corrected chi connectivity index (χ1v) is 12.4. The highest BCUT2D eigenvalue weighted by molar-refractivity contribution is 5.89. The second-order valence-electron chi connectivity index (χ2n) is 9.58. The van der Waals surface area contributed by atoms with Gasteiger partial charge in [0.1, 0.15) is 11.9 Å². The van der Waals surface area contributed by atoms with Crippen LogP contribution in [0.1, 0.15) is 70.8 Å². The van der Waals surface area contributed by atoms with Crippen molar-refractivity contribution in [2.45, 2.75) is 83.5 Å². The molecule has 0 radical (unpaired) electrons. The summed E-state index contributed by atoms with van der Waals surface area (Å²) < 4.78 is 19.8. The third-order valence-electron chi connectivity index (χ3n) is 6.29. The predicted molar refractivity (Wildman–Crippen MR) is 131 cm³/mol. The van der Waals surface area contributed by atoms with Gasteiger partial charge in [0.25, 0.3) is 0 Å². The van der Waals surface area contributed by atoms with Crippen molar-refractivity contribution < 1.29 is 28.7 Å². The minimum absolute atomic E-state index is 0.00460. The zero-order valence-corrected chi connectivity index (χ0v) is 20.8. The van der Waals surface area contributed by atoms with Crippen molar-refractivity contribution in [1.82, 2.24) is 10.2 Å². The van der Waals surface area contributed by atoms with Gasteiger partial charge in [-0.05, 0) is 70.1 Å². The fraction of sp³-hybridized carbons (Fsp3) is 0.640. The summed E-state index contributed by atoms with van der Waals surface area (Å²) in [5, 5.41) is 18.4. The van der Waals surface area contributed by atoms with E-state index in [0.717, 1.165) is 49.8 Å². The van der Waals surface area contributed by atoms with Crippen LogP contribution in [0, 0.1) is 5.82 Å². The number of benzene rings is 1. The number of carbonyl (C=O) groups is 2. The van der Waals surface area contributed by atoms with Crippen molar-refractivity contribution in [1.29, 1.82) is 0 Å². The molecule has 1 aliphatic carbocycles. The molecule has 1 heterocycles. The zero-order valence-electron chi connectivity index (χ0n) is 20.8. The molecule has 35 heavy (non-hydrogen) atoms. The maximum Gasteiger partial charge on any atom is 0.410 e. The van der Waals surface area contributed by atoms with E-state index >= 15 is 0 Å². The number of nitrogens with zero attached hydrogens (tertiary/aromatic N) is 2. The van der Waals surface area contributed by atoms with Crippen LogP contribution in [0.3, 0.4) is 0 Å². The van der Waals surface area contributed by atoms with Crippen LogP contribution in [0.2, 0.25) is 0 Å². The molecule has 194 valence electrons. The van der Waals surface area contributed by atoms with Crippen LogP contribution in [-0.2, 0) is 9.57 Å². The van der Waals surface area contributed by atoms with E-state index in [4.69, 9.17) is 14.7 Å². The first-order chi connectivity index (χ1) is 16.7. The molecule has 2 aliphatic rings. The summed E-state index contributed by atoms with van der Waals surface area (Å²) in [5.74, 6) is -0.267. The Hall–Kier alpha value is -2.88. The van der Waals surface area contributed by atoms with Crippen LogP contribution in [0.15, 0.2) is 23.4 Å². The van der Waals surface area contributed by atoms with Gasteiger partial charge in [-0.3, -0.25) is 0 Å². The number of oxime groups is 1. The second-order valence-corrected chi connectivity index (χ2v) is 9.58. The Bertz CT molecular complexity index is 892. The number of hydrogen-bond acceptors (Lipinski definition) is 6. The molecule has 3 rings (SSSR count). The van der Waals surface area contributed by atoms with Gasteiger partial charge < -0.3 is 30.2 Å². The number of carbonyl (C=O) groups excluding carboxylic acids is 2. The number of nitrogens with one attached hydrogen (secondary N) is 2. The average Bonchev–Trinajstić information content (AvgIpc) is 2.84. The molecular formula is C25H37FN4O5. The third kappa shape index (κ3) is 8.09. The van der Waals surface area contributed by atoms with E-state index < -0.39 is 17.9 Å². The van der Waals surface area contributed by atoms with E-state index in [9.17, 15) is 14.0 Å². The van der Waals surface area contributed by atoms with Crippen molar-refractivity contribution in [3.63, 3.8) is 0 Å². The van der Waals surface area contributed by atoms with Gasteiger partial charge in [0.15, 0.2) is 0 Å². The average molecular weight is 493 g/mol. The Kier molecular flexibility index (Phi) is 9.71. The lowest BCUT2D eigenvalue weighted by Crippen LogP contribution is -2.41. The molecule has 0 aromatic heterocycles. The predicted octanol–water partition coefficient (Wildman–Crippen LogP) is 4.37. The summed E-state index contributed by atoms with van der Waals surface area (Å²) in [7, 11) is 0. The van der Waals surface area contributed by atoms with Crippen molar-refractivity contribution >= 4 is 23.5 Å². The van der Waals surface area contributed by atoms with Crippen LogP contribution in [0.4, 0.5) is 19.7 Å². The highest BCUT2D eigenvalue weighted by Gasteiger charge is 2.26. The Labute approximate surface area is 206 Å². The number of hydrogen-bond donors (Lipinski definition) is 3. The molecule has 0 spiro atoms. The standard InChI is InChI=1S/C25H37FN4O5/c1-16(2)34-25(33)30-12-10-21(11-13-30)35-29-20-7-4-18(5-8-20)19-6-9-23(22(26)14-19)28-24(32)27-17(3)15-31/h6,9,14,16-18,21,31H,4-5,7-8,10-13,15H2,1-3H3,(H2,27,28,32). The minimum Gasteiger partial charge on any atom is -0.447 e. The van der Waals surface area contributed by atoms with Crippen LogP contribution in [0.25, 0.3) is 0 Å². The number of anilines is 1. The van der Waals surface area contributed by atoms with Gasteiger partial charge in [-0.2, -0.15) is 0 Å². The minimum atomic E-state index is -0.558. The van der Waals surface area contributed by atoms with Gasteiger partial charge in [-0.15, -0.1) is 0 Å². The number of likely N-dealkylation sites (tertiary alicyclic amines) is 1. The monoisotopic (exact) mass is 492 g/mol. The SMILES string of the molecule is CC(CO)NC(=O)Nc1ccc(C2CCC(=NOC3CCN(C(=O)OC(C)C)CC3)CC2)cc1F. The molecule has 1 unspecified atom stereocenters. The Morgan fingerprint density at radius 1 is 1.17 bits per heavy atom. The Balaban J connectivity index is 1.43. The molecule has 1 saturated carbocycles. The summed E-state index contributed by atoms with van der Waals surface area (Å²) in [6, 6.07) is 3.92. The van der Waals surface area contributed by atoms with Crippen molar-refractivity contribution in [2.24, 2.45) is 5.16 Å². The van der Waals surface area contributed by atoms with Crippen LogP contribution in [0.5, 0.6) is 0 Å². The molecule has 1 saturated heterocycles. The molecule has 3 amide bonds. The summed E-state index contributed by atoms with van der Waals surface area (Å²) in [6.45, 7) is 6.33. The fourth-order valence-corrected chi connectivity index (χ4v) is 4.26. The molecule has 9 nitrogen and oxygen atoms in total. The van der Waals surface area contributed by atoms with E-state index in [2.05, 4.69) is 15.8 Å². The molecule has 10 heteroatoms. The number of piperidine rings is 1.